The van der Waals surface area contributed by atoms with Gasteiger partial charge < -0.3 is 19.8 Å². The van der Waals surface area contributed by atoms with Gasteiger partial charge in [0.15, 0.2) is 0 Å². The van der Waals surface area contributed by atoms with Crippen LogP contribution in [0.25, 0.3) is 11.5 Å². The van der Waals surface area contributed by atoms with Gasteiger partial charge in [-0.25, -0.2) is 0 Å². The molecule has 2 aromatic heterocycles. The van der Waals surface area contributed by atoms with E-state index >= 15 is 0 Å². The van der Waals surface area contributed by atoms with E-state index in [1.807, 2.05) is 36.4 Å². The average Bonchev–Trinajstić information content (AvgIpc) is 3.39. The van der Waals surface area contributed by atoms with E-state index in [-0.39, 0.29) is 20.1 Å². The first-order valence-corrected chi connectivity index (χ1v) is 8.61. The summed E-state index contributed by atoms with van der Waals surface area (Å²) in [5, 5.41) is 0. The summed E-state index contributed by atoms with van der Waals surface area (Å²) in [7, 11) is 2.06. The average molecular weight is 545 g/mol. The van der Waals surface area contributed by atoms with Gasteiger partial charge in [-0.05, 0) is 37.1 Å². The predicted octanol–water partition coefficient (Wildman–Crippen LogP) is 4.29. The molecule has 5 nitrogen and oxygen atoms in total. The molecule has 1 aliphatic heterocycles. The van der Waals surface area contributed by atoms with Gasteiger partial charge in [-0.1, -0.05) is 30.6 Å². The monoisotopic (exact) mass is 545 g/mol. The van der Waals surface area contributed by atoms with Crippen LogP contribution in [0, 0.1) is 12.7 Å². The van der Waals surface area contributed by atoms with E-state index in [9.17, 15) is 0 Å². The first-order valence-electron chi connectivity index (χ1n) is 8.61. The first kappa shape index (κ1) is 19.8. The molecule has 0 saturated heterocycles. The van der Waals surface area contributed by atoms with E-state index in [4.69, 9.17) is 0 Å². The van der Waals surface area contributed by atoms with Crippen molar-refractivity contribution in [2.45, 2.75) is 0 Å². The van der Waals surface area contributed by atoms with Crippen LogP contribution in [0.1, 0.15) is 0 Å². The molecule has 2 aromatic carbocycles. The van der Waals surface area contributed by atoms with Crippen molar-refractivity contribution in [1.29, 1.82) is 0 Å². The zero-order valence-electron chi connectivity index (χ0n) is 15.2. The SMILES string of the molecule is CN1[CH-]N(c2[c-]cccc2)c2ccccc21.[Ir+3].c1ccc(-c2ncc[n-]2)nc1. The van der Waals surface area contributed by atoms with Crippen molar-refractivity contribution in [3.05, 3.63) is 98.1 Å². The number of para-hydroxylation sites is 3. The third-order valence-corrected chi connectivity index (χ3v) is 4.12. The summed E-state index contributed by atoms with van der Waals surface area (Å²) in [6.45, 7) is 2.08. The van der Waals surface area contributed by atoms with Crippen LogP contribution in [0.4, 0.5) is 17.1 Å². The molecular weight excluding hydrogens is 526 g/mol. The second kappa shape index (κ2) is 9.31. The number of pyridine rings is 1. The van der Waals surface area contributed by atoms with Crippen molar-refractivity contribution < 1.29 is 20.1 Å². The molecule has 0 spiro atoms. The molecule has 0 radical (unpaired) electrons. The number of hydrogen-bond acceptors (Lipinski definition) is 4. The van der Waals surface area contributed by atoms with Crippen LogP contribution in [-0.2, 0) is 20.1 Å². The van der Waals surface area contributed by atoms with E-state index in [1.165, 1.54) is 11.4 Å². The smallest absolute Gasteiger partial charge is 0.504 e. The number of nitrogens with zero attached hydrogens (tertiary/aromatic N) is 5. The fraction of sp³-hybridized carbons (Fsp3) is 0.0455. The molecule has 6 heteroatoms. The zero-order chi connectivity index (χ0) is 18.5. The normalized spacial score (nSPS) is 11.9. The van der Waals surface area contributed by atoms with Crippen LogP contribution >= 0.6 is 0 Å². The summed E-state index contributed by atoms with van der Waals surface area (Å²) >= 11 is 0. The zero-order valence-corrected chi connectivity index (χ0v) is 17.6. The third kappa shape index (κ3) is 4.30. The number of hydrogen-bond donors (Lipinski definition) is 0. The molecule has 0 N–H and O–H groups in total. The summed E-state index contributed by atoms with van der Waals surface area (Å²) in [5.41, 5.74) is 4.31. The number of rotatable bonds is 2. The summed E-state index contributed by atoms with van der Waals surface area (Å²) in [4.78, 5) is 16.4. The predicted molar refractivity (Wildman–Crippen MR) is 107 cm³/mol. The maximum absolute atomic E-state index is 4.10. The largest absolute Gasteiger partial charge is 3.00 e. The molecule has 0 amide bonds. The molecule has 28 heavy (non-hydrogen) atoms. The van der Waals surface area contributed by atoms with E-state index in [0.29, 0.717) is 5.82 Å². The van der Waals surface area contributed by atoms with E-state index < -0.39 is 0 Å². The summed E-state index contributed by atoms with van der Waals surface area (Å²) in [6.07, 6.45) is 5.04. The number of imidazole rings is 1. The van der Waals surface area contributed by atoms with Crippen LogP contribution in [0.2, 0.25) is 0 Å². The molecule has 0 fully saturated rings. The maximum Gasteiger partial charge on any atom is 3.00 e. The van der Waals surface area contributed by atoms with Gasteiger partial charge in [0.05, 0.1) is 5.69 Å². The molecule has 5 rings (SSSR count). The first-order chi connectivity index (χ1) is 13.3. The minimum Gasteiger partial charge on any atom is -0.504 e. The molecule has 0 aliphatic carbocycles. The van der Waals surface area contributed by atoms with Gasteiger partial charge in [0.2, 0.25) is 0 Å². The van der Waals surface area contributed by atoms with Crippen LogP contribution in [-0.4, -0.2) is 17.0 Å². The van der Waals surface area contributed by atoms with E-state index in [0.717, 1.165) is 11.4 Å². The second-order valence-electron chi connectivity index (χ2n) is 5.93. The molecule has 0 saturated carbocycles. The Hall–Kier alpha value is -2.95. The van der Waals surface area contributed by atoms with Crippen LogP contribution < -0.4 is 14.8 Å². The van der Waals surface area contributed by atoms with E-state index in [1.54, 1.807) is 18.6 Å². The Labute approximate surface area is 178 Å². The fourth-order valence-electron chi connectivity index (χ4n) is 2.86. The third-order valence-electron chi connectivity index (χ3n) is 4.12. The van der Waals surface area contributed by atoms with Gasteiger partial charge in [0.25, 0.3) is 0 Å². The molecular formula is C22H18IrN5. The molecule has 3 heterocycles. The van der Waals surface area contributed by atoms with Gasteiger partial charge in [0.1, 0.15) is 0 Å². The maximum atomic E-state index is 4.10. The molecule has 0 bridgehead atoms. The summed E-state index contributed by atoms with van der Waals surface area (Å²) in [6, 6.07) is 25.3. The Morgan fingerprint density at radius 2 is 1.68 bits per heavy atom. The number of fused-ring (bicyclic) bond motifs is 1. The van der Waals surface area contributed by atoms with Gasteiger partial charge in [0, 0.05) is 17.6 Å². The van der Waals surface area contributed by atoms with Crippen molar-refractivity contribution in [2.24, 2.45) is 0 Å². The van der Waals surface area contributed by atoms with E-state index in [2.05, 4.69) is 74.9 Å². The Bertz CT molecular complexity index is 974. The van der Waals surface area contributed by atoms with Gasteiger partial charge in [-0.15, -0.1) is 5.69 Å². The topological polar surface area (TPSA) is 46.4 Å². The number of benzene rings is 2. The van der Waals surface area contributed by atoms with Crippen molar-refractivity contribution >= 4 is 17.1 Å². The van der Waals surface area contributed by atoms with Crippen molar-refractivity contribution in [2.75, 3.05) is 16.8 Å². The summed E-state index contributed by atoms with van der Waals surface area (Å²) in [5.74, 6) is 0.686. The van der Waals surface area contributed by atoms with Crippen LogP contribution in [0.3, 0.4) is 0 Å². The fourth-order valence-corrected chi connectivity index (χ4v) is 2.86. The quantitative estimate of drug-likeness (QED) is 0.353. The van der Waals surface area contributed by atoms with Crippen LogP contribution in [0.5, 0.6) is 0 Å². The minimum absolute atomic E-state index is 0. The summed E-state index contributed by atoms with van der Waals surface area (Å²) < 4.78 is 0. The number of aromatic nitrogens is 3. The van der Waals surface area contributed by atoms with Crippen molar-refractivity contribution in [3.63, 3.8) is 0 Å². The minimum atomic E-state index is 0. The molecule has 1 aliphatic rings. The standard InChI is InChI=1S/C14H12N2.C8H6N3.Ir/c1-15-11-16(12-7-3-2-4-8-12)14-10-6-5-9-13(14)15;1-2-4-9-7(3-1)8-10-5-6-11-8;/h2-7,9-11H,1H3;1-6H;/q-2;-1;+3. The van der Waals surface area contributed by atoms with Gasteiger partial charge in [-0.3, -0.25) is 4.98 Å². The molecule has 4 aromatic rings. The Morgan fingerprint density at radius 3 is 2.36 bits per heavy atom. The molecule has 0 atom stereocenters. The molecule has 0 unspecified atom stereocenters. The Morgan fingerprint density at radius 1 is 0.893 bits per heavy atom. The van der Waals surface area contributed by atoms with Crippen molar-refractivity contribution in [3.8, 4) is 11.5 Å². The Balaban J connectivity index is 0.000000165. The molecule has 140 valence electrons. The Kier molecular flexibility index (Phi) is 6.58. The van der Waals surface area contributed by atoms with Gasteiger partial charge >= 0.3 is 20.1 Å². The van der Waals surface area contributed by atoms with Gasteiger partial charge in [-0.2, -0.15) is 37.0 Å². The number of anilines is 3. The second-order valence-corrected chi connectivity index (χ2v) is 5.93. The van der Waals surface area contributed by atoms with Crippen LogP contribution in [0.15, 0.2) is 85.3 Å². The van der Waals surface area contributed by atoms with Crippen molar-refractivity contribution in [1.82, 2.24) is 15.0 Å².